The molecular formula is C30H46N2O3. The van der Waals surface area contributed by atoms with E-state index in [4.69, 9.17) is 14.2 Å². The Morgan fingerprint density at radius 1 is 0.914 bits per heavy atom. The highest BCUT2D eigenvalue weighted by atomic mass is 16.7. The molecule has 1 fully saturated rings. The molecule has 0 radical (unpaired) electrons. The Balaban J connectivity index is 1.30. The van der Waals surface area contributed by atoms with Gasteiger partial charge in [0.1, 0.15) is 5.75 Å². The van der Waals surface area contributed by atoms with Crippen LogP contribution in [0.4, 0.5) is 0 Å². The summed E-state index contributed by atoms with van der Waals surface area (Å²) in [6.07, 6.45) is 21.0. The maximum atomic E-state index is 6.01. The van der Waals surface area contributed by atoms with E-state index in [2.05, 4.69) is 23.8 Å². The van der Waals surface area contributed by atoms with Crippen LogP contribution in [-0.2, 0) is 15.9 Å². The summed E-state index contributed by atoms with van der Waals surface area (Å²) in [5.74, 6) is 1.68. The highest BCUT2D eigenvalue weighted by Gasteiger charge is 2.17. The first-order valence-electron chi connectivity index (χ1n) is 14.1. The lowest BCUT2D eigenvalue weighted by molar-refractivity contribution is -0.185. The highest BCUT2D eigenvalue weighted by molar-refractivity contribution is 5.55. The highest BCUT2D eigenvalue weighted by Crippen LogP contribution is 2.21. The van der Waals surface area contributed by atoms with E-state index in [9.17, 15) is 0 Å². The maximum absolute atomic E-state index is 6.01. The van der Waals surface area contributed by atoms with Crippen molar-refractivity contribution in [2.24, 2.45) is 0 Å². The van der Waals surface area contributed by atoms with E-state index < -0.39 is 0 Å². The van der Waals surface area contributed by atoms with E-state index in [0.717, 1.165) is 68.9 Å². The molecule has 0 spiro atoms. The summed E-state index contributed by atoms with van der Waals surface area (Å²) < 4.78 is 17.6. The quantitative estimate of drug-likeness (QED) is 0.214. The number of unbranched alkanes of at least 4 members (excludes halogenated alkanes) is 7. The SMILES string of the molecule is CCCCCCCCCCOc1ccc(-c2ncc(CCCC(C)OC3CCCCO3)cn2)cc1. The van der Waals surface area contributed by atoms with Crippen molar-refractivity contribution < 1.29 is 14.2 Å². The van der Waals surface area contributed by atoms with Crippen LogP contribution < -0.4 is 4.74 Å². The number of ether oxygens (including phenoxy) is 3. The van der Waals surface area contributed by atoms with Gasteiger partial charge in [-0.05, 0) is 81.7 Å². The summed E-state index contributed by atoms with van der Waals surface area (Å²) in [5, 5.41) is 0. The van der Waals surface area contributed by atoms with Crippen molar-refractivity contribution in [3.8, 4) is 17.1 Å². The molecule has 3 rings (SSSR count). The molecule has 1 aliphatic rings. The first-order chi connectivity index (χ1) is 17.2. The Hall–Kier alpha value is -1.98. The van der Waals surface area contributed by atoms with Gasteiger partial charge in [-0.1, -0.05) is 51.9 Å². The molecule has 2 unspecified atom stereocenters. The summed E-state index contributed by atoms with van der Waals surface area (Å²) in [6.45, 7) is 6.02. The van der Waals surface area contributed by atoms with Crippen LogP contribution in [0.3, 0.4) is 0 Å². The third kappa shape index (κ3) is 11.1. The number of hydrogen-bond acceptors (Lipinski definition) is 5. The van der Waals surface area contributed by atoms with E-state index in [0.29, 0.717) is 0 Å². The van der Waals surface area contributed by atoms with Crippen molar-refractivity contribution in [3.63, 3.8) is 0 Å². The van der Waals surface area contributed by atoms with Crippen molar-refractivity contribution in [1.82, 2.24) is 9.97 Å². The minimum absolute atomic E-state index is 0.0109. The molecule has 194 valence electrons. The average molecular weight is 483 g/mol. The number of aryl methyl sites for hydroxylation is 1. The van der Waals surface area contributed by atoms with Crippen LogP contribution >= 0.6 is 0 Å². The molecule has 1 aromatic carbocycles. The van der Waals surface area contributed by atoms with Gasteiger partial charge in [-0.2, -0.15) is 0 Å². The number of benzene rings is 1. The first kappa shape index (κ1) is 27.6. The van der Waals surface area contributed by atoms with Gasteiger partial charge in [-0.3, -0.25) is 0 Å². The zero-order chi connectivity index (χ0) is 24.6. The summed E-state index contributed by atoms with van der Waals surface area (Å²) >= 11 is 0. The number of aromatic nitrogens is 2. The van der Waals surface area contributed by atoms with Crippen molar-refractivity contribution >= 4 is 0 Å². The average Bonchev–Trinajstić information content (AvgIpc) is 2.89. The van der Waals surface area contributed by atoms with Crippen molar-refractivity contribution in [3.05, 3.63) is 42.2 Å². The van der Waals surface area contributed by atoms with Crippen LogP contribution in [0.2, 0.25) is 0 Å². The Morgan fingerprint density at radius 3 is 2.31 bits per heavy atom. The van der Waals surface area contributed by atoms with Crippen molar-refractivity contribution in [2.45, 2.75) is 116 Å². The zero-order valence-electron chi connectivity index (χ0n) is 22.1. The lowest BCUT2D eigenvalue weighted by Gasteiger charge is -2.26. The Morgan fingerprint density at radius 2 is 1.63 bits per heavy atom. The predicted molar refractivity (Wildman–Crippen MR) is 143 cm³/mol. The molecule has 0 amide bonds. The molecule has 2 atom stereocenters. The van der Waals surface area contributed by atoms with Gasteiger partial charge in [0.15, 0.2) is 12.1 Å². The zero-order valence-corrected chi connectivity index (χ0v) is 22.1. The molecule has 35 heavy (non-hydrogen) atoms. The van der Waals surface area contributed by atoms with Gasteiger partial charge in [-0.25, -0.2) is 9.97 Å². The maximum Gasteiger partial charge on any atom is 0.159 e. The molecule has 2 heterocycles. The number of rotatable bonds is 17. The van der Waals surface area contributed by atoms with E-state index in [-0.39, 0.29) is 12.4 Å². The van der Waals surface area contributed by atoms with Gasteiger partial charge in [0.05, 0.1) is 12.7 Å². The van der Waals surface area contributed by atoms with E-state index in [1.165, 1.54) is 56.9 Å². The molecule has 5 nitrogen and oxygen atoms in total. The smallest absolute Gasteiger partial charge is 0.159 e. The fourth-order valence-electron chi connectivity index (χ4n) is 4.50. The lowest BCUT2D eigenvalue weighted by atomic mass is 10.1. The second-order valence-electron chi connectivity index (χ2n) is 9.90. The van der Waals surface area contributed by atoms with Gasteiger partial charge < -0.3 is 14.2 Å². The summed E-state index contributed by atoms with van der Waals surface area (Å²) in [6, 6.07) is 8.14. The summed E-state index contributed by atoms with van der Waals surface area (Å²) in [5.41, 5.74) is 2.19. The van der Waals surface area contributed by atoms with Crippen LogP contribution in [-0.4, -0.2) is 35.6 Å². The Bertz CT molecular complexity index is 788. The van der Waals surface area contributed by atoms with E-state index in [1.54, 1.807) is 0 Å². The van der Waals surface area contributed by atoms with Gasteiger partial charge >= 0.3 is 0 Å². The monoisotopic (exact) mass is 482 g/mol. The minimum atomic E-state index is -0.0109. The molecule has 0 aliphatic carbocycles. The molecule has 1 aliphatic heterocycles. The van der Waals surface area contributed by atoms with Crippen molar-refractivity contribution in [2.75, 3.05) is 13.2 Å². The number of nitrogens with zero attached hydrogens (tertiary/aromatic N) is 2. The fraction of sp³-hybridized carbons (Fsp3) is 0.667. The van der Waals surface area contributed by atoms with Crippen molar-refractivity contribution in [1.29, 1.82) is 0 Å². The topological polar surface area (TPSA) is 53.5 Å². The molecule has 0 saturated carbocycles. The standard InChI is InChI=1S/C30H46N2O3/c1-3-4-5-6-7-8-9-11-21-33-28-19-17-27(18-20-28)30-31-23-26(24-32-30)15-13-14-25(2)35-29-16-10-12-22-34-29/h17-20,23-25,29H,3-16,21-22H2,1-2H3. The third-order valence-electron chi connectivity index (χ3n) is 6.68. The summed E-state index contributed by atoms with van der Waals surface area (Å²) in [4.78, 5) is 9.18. The summed E-state index contributed by atoms with van der Waals surface area (Å²) in [7, 11) is 0. The molecule has 1 aromatic heterocycles. The molecule has 0 N–H and O–H groups in total. The van der Waals surface area contributed by atoms with Gasteiger partial charge in [0.2, 0.25) is 0 Å². The molecule has 2 aromatic rings. The van der Waals surface area contributed by atoms with Gasteiger partial charge in [0.25, 0.3) is 0 Å². The van der Waals surface area contributed by atoms with Crippen LogP contribution in [0.1, 0.15) is 103 Å². The van der Waals surface area contributed by atoms with Gasteiger partial charge in [-0.15, -0.1) is 0 Å². The van der Waals surface area contributed by atoms with Crippen LogP contribution in [0, 0.1) is 0 Å². The number of hydrogen-bond donors (Lipinski definition) is 0. The third-order valence-corrected chi connectivity index (χ3v) is 6.68. The second-order valence-corrected chi connectivity index (χ2v) is 9.90. The Kier molecular flexibility index (Phi) is 13.1. The lowest BCUT2D eigenvalue weighted by Crippen LogP contribution is -2.26. The van der Waals surface area contributed by atoms with E-state index >= 15 is 0 Å². The van der Waals surface area contributed by atoms with Gasteiger partial charge in [0, 0.05) is 24.6 Å². The second kappa shape index (κ2) is 16.6. The Labute approximate surface area is 213 Å². The largest absolute Gasteiger partial charge is 0.494 e. The molecule has 5 heteroatoms. The normalized spacial score (nSPS) is 16.8. The minimum Gasteiger partial charge on any atom is -0.494 e. The van der Waals surface area contributed by atoms with Crippen LogP contribution in [0.25, 0.3) is 11.4 Å². The fourth-order valence-corrected chi connectivity index (χ4v) is 4.50. The van der Waals surface area contributed by atoms with E-state index in [1.807, 2.05) is 36.7 Å². The van der Waals surface area contributed by atoms with Crippen LogP contribution in [0.5, 0.6) is 5.75 Å². The predicted octanol–water partition coefficient (Wildman–Crippen LogP) is 7.92. The van der Waals surface area contributed by atoms with Crippen LogP contribution in [0.15, 0.2) is 36.7 Å². The molecule has 0 bridgehead atoms. The first-order valence-corrected chi connectivity index (χ1v) is 14.1. The molecular weight excluding hydrogens is 436 g/mol. The molecule has 1 saturated heterocycles.